The van der Waals surface area contributed by atoms with Crippen LogP contribution in [0, 0.1) is 11.7 Å². The van der Waals surface area contributed by atoms with Gasteiger partial charge in [0.15, 0.2) is 0 Å². The predicted molar refractivity (Wildman–Crippen MR) is 66.9 cm³/mol. The van der Waals surface area contributed by atoms with Crippen LogP contribution >= 0.6 is 27.5 Å². The highest BCUT2D eigenvalue weighted by Gasteiger charge is 2.11. The SMILES string of the molecule is CCCC(CCl)Cc1cc(Br)ccc1F. The van der Waals surface area contributed by atoms with E-state index in [1.807, 2.05) is 6.07 Å². The van der Waals surface area contributed by atoms with Gasteiger partial charge < -0.3 is 0 Å². The maximum atomic E-state index is 13.4. The Kier molecular flexibility index (Phi) is 5.62. The molecule has 0 spiro atoms. The lowest BCUT2D eigenvalue weighted by atomic mass is 9.96. The summed E-state index contributed by atoms with van der Waals surface area (Å²) in [6.45, 7) is 2.12. The highest BCUT2D eigenvalue weighted by atomic mass is 79.9. The lowest BCUT2D eigenvalue weighted by Gasteiger charge is -2.13. The molecule has 0 aliphatic carbocycles. The van der Waals surface area contributed by atoms with Crippen LogP contribution in [-0.4, -0.2) is 5.88 Å². The summed E-state index contributed by atoms with van der Waals surface area (Å²) in [6.07, 6.45) is 2.87. The smallest absolute Gasteiger partial charge is 0.126 e. The van der Waals surface area contributed by atoms with Crippen LogP contribution in [0.25, 0.3) is 0 Å². The summed E-state index contributed by atoms with van der Waals surface area (Å²) in [7, 11) is 0. The van der Waals surface area contributed by atoms with Crippen molar-refractivity contribution in [3.63, 3.8) is 0 Å². The Labute approximate surface area is 104 Å². The average Bonchev–Trinajstić information content (AvgIpc) is 2.22. The number of rotatable bonds is 5. The van der Waals surface area contributed by atoms with Crippen molar-refractivity contribution >= 4 is 27.5 Å². The van der Waals surface area contributed by atoms with Crippen molar-refractivity contribution in [2.75, 3.05) is 5.88 Å². The molecule has 1 atom stereocenters. The van der Waals surface area contributed by atoms with E-state index in [9.17, 15) is 4.39 Å². The molecular weight excluding hydrogens is 278 g/mol. The monoisotopic (exact) mass is 292 g/mol. The molecule has 0 heterocycles. The van der Waals surface area contributed by atoms with E-state index in [4.69, 9.17) is 11.6 Å². The number of alkyl halides is 1. The minimum atomic E-state index is -0.135. The summed E-state index contributed by atoms with van der Waals surface area (Å²) >= 11 is 9.20. The van der Waals surface area contributed by atoms with Crippen LogP contribution in [0.3, 0.4) is 0 Å². The minimum absolute atomic E-state index is 0.135. The van der Waals surface area contributed by atoms with Crippen LogP contribution in [0.15, 0.2) is 22.7 Å². The van der Waals surface area contributed by atoms with Gasteiger partial charge in [-0.05, 0) is 42.5 Å². The van der Waals surface area contributed by atoms with Crippen LogP contribution in [-0.2, 0) is 6.42 Å². The van der Waals surface area contributed by atoms with Crippen LogP contribution in [0.1, 0.15) is 25.3 Å². The lowest BCUT2D eigenvalue weighted by molar-refractivity contribution is 0.509. The molecule has 0 radical (unpaired) electrons. The van der Waals surface area contributed by atoms with Crippen LogP contribution in [0.2, 0.25) is 0 Å². The van der Waals surface area contributed by atoms with Crippen LogP contribution in [0.4, 0.5) is 4.39 Å². The Hall–Kier alpha value is -0.0800. The quantitative estimate of drug-likeness (QED) is 0.685. The van der Waals surface area contributed by atoms with E-state index >= 15 is 0 Å². The van der Waals surface area contributed by atoms with E-state index in [2.05, 4.69) is 22.9 Å². The molecule has 0 nitrogen and oxygen atoms in total. The molecule has 0 bridgehead atoms. The van der Waals surface area contributed by atoms with Crippen molar-refractivity contribution in [3.05, 3.63) is 34.1 Å². The zero-order valence-corrected chi connectivity index (χ0v) is 11.1. The molecule has 0 aliphatic rings. The van der Waals surface area contributed by atoms with E-state index in [1.54, 1.807) is 6.07 Å². The molecule has 0 N–H and O–H groups in total. The summed E-state index contributed by atoms with van der Waals surface area (Å²) < 4.78 is 14.4. The Balaban J connectivity index is 2.73. The van der Waals surface area contributed by atoms with Crippen molar-refractivity contribution < 1.29 is 4.39 Å². The second-order valence-corrected chi connectivity index (χ2v) is 4.97. The third kappa shape index (κ3) is 4.12. The highest BCUT2D eigenvalue weighted by Crippen LogP contribution is 2.21. The molecule has 0 saturated carbocycles. The van der Waals surface area contributed by atoms with E-state index in [-0.39, 0.29) is 5.82 Å². The van der Waals surface area contributed by atoms with Gasteiger partial charge in [-0.2, -0.15) is 0 Å². The van der Waals surface area contributed by atoms with Gasteiger partial charge in [-0.15, -0.1) is 11.6 Å². The maximum Gasteiger partial charge on any atom is 0.126 e. The van der Waals surface area contributed by atoms with E-state index in [1.165, 1.54) is 6.07 Å². The molecule has 84 valence electrons. The van der Waals surface area contributed by atoms with Gasteiger partial charge in [0.2, 0.25) is 0 Å². The Bertz CT molecular complexity index is 314. The van der Waals surface area contributed by atoms with E-state index < -0.39 is 0 Å². The normalized spacial score (nSPS) is 12.8. The number of hydrogen-bond donors (Lipinski definition) is 0. The summed E-state index contributed by atoms with van der Waals surface area (Å²) in [5.41, 5.74) is 0.753. The van der Waals surface area contributed by atoms with Crippen molar-refractivity contribution in [3.8, 4) is 0 Å². The van der Waals surface area contributed by atoms with Crippen LogP contribution < -0.4 is 0 Å². The largest absolute Gasteiger partial charge is 0.207 e. The van der Waals surface area contributed by atoms with Gasteiger partial charge >= 0.3 is 0 Å². The van der Waals surface area contributed by atoms with Crippen molar-refractivity contribution in [1.29, 1.82) is 0 Å². The maximum absolute atomic E-state index is 13.4. The fourth-order valence-corrected chi connectivity index (χ4v) is 2.32. The standard InChI is InChI=1S/C12H15BrClF/c1-2-3-9(8-14)6-10-7-11(13)4-5-12(10)15/h4-5,7,9H,2-3,6,8H2,1H3. The number of halogens is 3. The first-order valence-electron chi connectivity index (χ1n) is 5.17. The molecule has 0 saturated heterocycles. The van der Waals surface area contributed by atoms with E-state index in [0.29, 0.717) is 11.8 Å². The molecule has 1 unspecified atom stereocenters. The zero-order valence-electron chi connectivity index (χ0n) is 8.77. The van der Waals surface area contributed by atoms with Gasteiger partial charge in [0.25, 0.3) is 0 Å². The Morgan fingerprint density at radius 3 is 2.80 bits per heavy atom. The molecular formula is C12H15BrClF. The Morgan fingerprint density at radius 1 is 1.47 bits per heavy atom. The van der Waals surface area contributed by atoms with Crippen molar-refractivity contribution in [1.82, 2.24) is 0 Å². The molecule has 0 amide bonds. The summed E-state index contributed by atoms with van der Waals surface area (Å²) in [6, 6.07) is 5.05. The molecule has 1 aromatic rings. The third-order valence-electron chi connectivity index (χ3n) is 2.43. The molecule has 15 heavy (non-hydrogen) atoms. The lowest BCUT2D eigenvalue weighted by Crippen LogP contribution is -2.07. The summed E-state index contributed by atoms with van der Waals surface area (Å²) in [5, 5.41) is 0. The third-order valence-corrected chi connectivity index (χ3v) is 3.36. The molecule has 0 aliphatic heterocycles. The van der Waals surface area contributed by atoms with Gasteiger partial charge in [0.1, 0.15) is 5.82 Å². The molecule has 1 aromatic carbocycles. The zero-order chi connectivity index (χ0) is 11.3. The fourth-order valence-electron chi connectivity index (χ4n) is 1.65. The predicted octanol–water partition coefficient (Wildman–Crippen LogP) is 4.79. The molecule has 1 rings (SSSR count). The first kappa shape index (κ1) is 13.0. The number of hydrogen-bond acceptors (Lipinski definition) is 0. The van der Waals surface area contributed by atoms with Gasteiger partial charge in [0, 0.05) is 10.4 Å². The van der Waals surface area contributed by atoms with Gasteiger partial charge in [0.05, 0.1) is 0 Å². The summed E-state index contributed by atoms with van der Waals surface area (Å²) in [5.74, 6) is 0.838. The average molecular weight is 294 g/mol. The van der Waals surface area contributed by atoms with Crippen molar-refractivity contribution in [2.45, 2.75) is 26.2 Å². The molecule has 0 fully saturated rings. The van der Waals surface area contributed by atoms with Gasteiger partial charge in [-0.1, -0.05) is 29.3 Å². The van der Waals surface area contributed by atoms with Crippen LogP contribution in [0.5, 0.6) is 0 Å². The van der Waals surface area contributed by atoms with E-state index in [0.717, 1.165) is 29.3 Å². The second-order valence-electron chi connectivity index (χ2n) is 3.75. The van der Waals surface area contributed by atoms with Gasteiger partial charge in [-0.25, -0.2) is 4.39 Å². The molecule has 0 aromatic heterocycles. The fraction of sp³-hybridized carbons (Fsp3) is 0.500. The highest BCUT2D eigenvalue weighted by molar-refractivity contribution is 9.10. The molecule has 3 heteroatoms. The number of benzene rings is 1. The first-order valence-corrected chi connectivity index (χ1v) is 6.50. The van der Waals surface area contributed by atoms with Gasteiger partial charge in [-0.3, -0.25) is 0 Å². The Morgan fingerprint density at radius 2 is 2.20 bits per heavy atom. The van der Waals surface area contributed by atoms with Crippen molar-refractivity contribution in [2.24, 2.45) is 5.92 Å². The second kappa shape index (κ2) is 6.49. The first-order chi connectivity index (χ1) is 7.17. The minimum Gasteiger partial charge on any atom is -0.207 e. The topological polar surface area (TPSA) is 0 Å². The summed E-state index contributed by atoms with van der Waals surface area (Å²) in [4.78, 5) is 0.